The molecule has 1 heterocycles. The molecule has 148 valence electrons. The molecule has 0 aromatic rings. The smallest absolute Gasteiger partial charge is 0.410 e. The molecule has 0 N–H and O–H groups in total. The van der Waals surface area contributed by atoms with Crippen LogP contribution in [0.25, 0.3) is 0 Å². The third-order valence-electron chi connectivity index (χ3n) is 3.79. The first-order chi connectivity index (χ1) is 10.8. The summed E-state index contributed by atoms with van der Waals surface area (Å²) in [7, 11) is -1.42. The SMILES string of the molecule is CCOC(=O)C12CC1CCN(C(=O)OC(C)(C)C)C2.C[S+](C)(C)=O.[I-]. The van der Waals surface area contributed by atoms with Crippen molar-refractivity contribution in [3.8, 4) is 0 Å². The van der Waals surface area contributed by atoms with Crippen LogP contribution >= 0.6 is 0 Å². The van der Waals surface area contributed by atoms with E-state index in [4.69, 9.17) is 9.47 Å². The Hall–Kier alpha value is -0.380. The predicted molar refractivity (Wildman–Crippen MR) is 95.4 cm³/mol. The van der Waals surface area contributed by atoms with Crippen LogP contribution in [0.15, 0.2) is 0 Å². The van der Waals surface area contributed by atoms with Gasteiger partial charge in [0.2, 0.25) is 0 Å². The summed E-state index contributed by atoms with van der Waals surface area (Å²) in [5.41, 5.74) is -0.959. The largest absolute Gasteiger partial charge is 1.00 e. The minimum Gasteiger partial charge on any atom is -1.00 e. The first-order valence-electron chi connectivity index (χ1n) is 8.33. The number of ether oxygens (including phenoxy) is 2. The van der Waals surface area contributed by atoms with Gasteiger partial charge in [-0.3, -0.25) is 4.79 Å². The van der Waals surface area contributed by atoms with Crippen LogP contribution in [0.4, 0.5) is 4.79 Å². The van der Waals surface area contributed by atoms with Gasteiger partial charge in [-0.1, -0.05) is 0 Å². The van der Waals surface area contributed by atoms with E-state index in [0.717, 1.165) is 12.8 Å². The Morgan fingerprint density at radius 2 is 1.76 bits per heavy atom. The summed E-state index contributed by atoms with van der Waals surface area (Å²) in [5, 5.41) is 0. The first kappa shape index (κ1) is 24.6. The normalized spacial score (nSPS) is 24.8. The molecule has 1 saturated carbocycles. The van der Waals surface area contributed by atoms with Crippen LogP contribution in [0.5, 0.6) is 0 Å². The lowest BCUT2D eigenvalue weighted by molar-refractivity contribution is -0.151. The van der Waals surface area contributed by atoms with Crippen molar-refractivity contribution in [2.75, 3.05) is 38.5 Å². The van der Waals surface area contributed by atoms with Crippen molar-refractivity contribution in [2.45, 2.75) is 46.1 Å². The van der Waals surface area contributed by atoms with E-state index in [1.54, 1.807) is 30.6 Å². The van der Waals surface area contributed by atoms with E-state index in [9.17, 15) is 13.8 Å². The van der Waals surface area contributed by atoms with Crippen molar-refractivity contribution in [3.05, 3.63) is 0 Å². The molecule has 0 radical (unpaired) electrons. The third-order valence-corrected chi connectivity index (χ3v) is 3.79. The van der Waals surface area contributed by atoms with Gasteiger partial charge >= 0.3 is 12.1 Å². The highest BCUT2D eigenvalue weighted by Crippen LogP contribution is 2.58. The molecule has 1 aliphatic carbocycles. The zero-order chi connectivity index (χ0) is 18.8. The summed E-state index contributed by atoms with van der Waals surface area (Å²) in [4.78, 5) is 25.7. The number of rotatable bonds is 2. The highest BCUT2D eigenvalue weighted by Gasteiger charge is 2.64. The van der Waals surface area contributed by atoms with Crippen LogP contribution in [0.1, 0.15) is 40.5 Å². The number of nitrogens with zero attached hydrogens (tertiary/aromatic N) is 1. The molecule has 2 fully saturated rings. The minimum atomic E-state index is -1.42. The van der Waals surface area contributed by atoms with Gasteiger partial charge in [0.25, 0.3) is 0 Å². The Morgan fingerprint density at radius 3 is 2.20 bits per heavy atom. The van der Waals surface area contributed by atoms with Crippen LogP contribution in [0.2, 0.25) is 0 Å². The molecule has 8 heteroatoms. The summed E-state index contributed by atoms with van der Waals surface area (Å²) in [6.45, 7) is 8.83. The maximum Gasteiger partial charge on any atom is 0.410 e. The van der Waals surface area contributed by atoms with Crippen molar-refractivity contribution < 1.29 is 47.2 Å². The molecule has 0 aromatic carbocycles. The number of likely N-dealkylation sites (tertiary alicyclic amines) is 1. The fraction of sp³-hybridized carbons (Fsp3) is 0.882. The highest BCUT2D eigenvalue weighted by molar-refractivity contribution is 8.00. The quantitative estimate of drug-likeness (QED) is 0.299. The molecule has 0 aromatic heterocycles. The second-order valence-electron chi connectivity index (χ2n) is 8.19. The lowest BCUT2D eigenvalue weighted by atomic mass is 9.97. The van der Waals surface area contributed by atoms with Crippen molar-refractivity contribution in [1.29, 1.82) is 0 Å². The van der Waals surface area contributed by atoms with Gasteiger partial charge in [0.05, 0.1) is 22.0 Å². The summed E-state index contributed by atoms with van der Waals surface area (Å²) < 4.78 is 20.7. The number of halogens is 1. The standard InChI is InChI=1S/C14H23NO4.C3H9OS.HI/c1-5-18-11(16)14-8-10(14)6-7-15(9-14)12(17)19-13(2,3)4;1-5(2,3)4;/h10H,5-9H2,1-4H3;1-3H3;1H/q;+1;/p-1. The second-order valence-corrected chi connectivity index (χ2v) is 11.6. The van der Waals surface area contributed by atoms with E-state index >= 15 is 0 Å². The van der Waals surface area contributed by atoms with Gasteiger partial charge in [-0.2, -0.15) is 0 Å². The van der Waals surface area contributed by atoms with Crippen LogP contribution < -0.4 is 24.0 Å². The van der Waals surface area contributed by atoms with E-state index < -0.39 is 20.9 Å². The number of hydrogen-bond donors (Lipinski definition) is 0. The highest BCUT2D eigenvalue weighted by atomic mass is 127. The third kappa shape index (κ3) is 8.23. The molecule has 1 saturated heterocycles. The number of piperidine rings is 1. The monoisotopic (exact) mass is 489 g/mol. The fourth-order valence-electron chi connectivity index (χ4n) is 2.76. The Morgan fingerprint density at radius 1 is 1.24 bits per heavy atom. The summed E-state index contributed by atoms with van der Waals surface area (Å²) in [6.07, 6.45) is 6.51. The van der Waals surface area contributed by atoms with Gasteiger partial charge in [0.1, 0.15) is 24.4 Å². The molecule has 1 amide bonds. The second kappa shape index (κ2) is 9.01. The van der Waals surface area contributed by atoms with Crippen LogP contribution in [0.3, 0.4) is 0 Å². The molecule has 0 spiro atoms. The van der Waals surface area contributed by atoms with Crippen molar-refractivity contribution >= 4 is 22.0 Å². The molecular weight excluding hydrogens is 457 g/mol. The molecule has 2 unspecified atom stereocenters. The summed E-state index contributed by atoms with van der Waals surface area (Å²) in [5.74, 6) is 0.221. The topological polar surface area (TPSA) is 72.9 Å². The minimum absolute atomic E-state index is 0. The Bertz CT molecular complexity index is 519. The number of fused-ring (bicyclic) bond motifs is 1. The molecule has 2 rings (SSSR count). The predicted octanol–water partition coefficient (Wildman–Crippen LogP) is -0.424. The van der Waals surface area contributed by atoms with Crippen molar-refractivity contribution in [1.82, 2.24) is 4.90 Å². The molecule has 25 heavy (non-hydrogen) atoms. The van der Waals surface area contributed by atoms with Gasteiger partial charge < -0.3 is 38.4 Å². The Labute approximate surface area is 169 Å². The number of amides is 1. The fourth-order valence-corrected chi connectivity index (χ4v) is 2.76. The van der Waals surface area contributed by atoms with E-state index in [0.29, 0.717) is 25.6 Å². The lowest BCUT2D eigenvalue weighted by Crippen LogP contribution is -3.00. The number of esters is 1. The molecule has 1 aliphatic heterocycles. The van der Waals surface area contributed by atoms with Crippen LogP contribution in [0, 0.1) is 11.3 Å². The van der Waals surface area contributed by atoms with Crippen LogP contribution in [-0.4, -0.2) is 61.0 Å². The number of carbonyl (C=O) groups excluding carboxylic acids is 2. The first-order valence-corrected chi connectivity index (χ1v) is 11.1. The maximum absolute atomic E-state index is 12.1. The average Bonchev–Trinajstić information content (AvgIpc) is 3.09. The van der Waals surface area contributed by atoms with Crippen molar-refractivity contribution in [3.63, 3.8) is 0 Å². The summed E-state index contributed by atoms with van der Waals surface area (Å²) >= 11 is 0. The number of carbonyl (C=O) groups is 2. The molecule has 2 atom stereocenters. The van der Waals surface area contributed by atoms with Crippen LogP contribution in [-0.2, 0) is 28.4 Å². The van der Waals surface area contributed by atoms with Gasteiger partial charge in [-0.25, -0.2) is 4.79 Å². The van der Waals surface area contributed by atoms with Gasteiger partial charge in [-0.15, -0.1) is 4.21 Å². The van der Waals surface area contributed by atoms with E-state index in [1.807, 2.05) is 20.8 Å². The number of hydrogen-bond acceptors (Lipinski definition) is 5. The average molecular weight is 489 g/mol. The van der Waals surface area contributed by atoms with E-state index in [2.05, 4.69) is 0 Å². The van der Waals surface area contributed by atoms with Gasteiger partial charge in [0.15, 0.2) is 0 Å². The van der Waals surface area contributed by atoms with E-state index in [-0.39, 0.29) is 36.0 Å². The molecule has 0 bridgehead atoms. The molecular formula is C17H32INO5S. The zero-order valence-corrected chi connectivity index (χ0v) is 19.4. The Balaban J connectivity index is 0.000000848. The summed E-state index contributed by atoms with van der Waals surface area (Å²) in [6, 6.07) is 0. The zero-order valence-electron chi connectivity index (χ0n) is 16.4. The lowest BCUT2D eigenvalue weighted by Gasteiger charge is -2.33. The maximum atomic E-state index is 12.1. The Kier molecular flexibility index (Phi) is 8.88. The molecule has 6 nitrogen and oxygen atoms in total. The molecule has 2 aliphatic rings. The van der Waals surface area contributed by atoms with Crippen molar-refractivity contribution in [2.24, 2.45) is 11.3 Å². The van der Waals surface area contributed by atoms with E-state index in [1.165, 1.54) is 0 Å². The van der Waals surface area contributed by atoms with Gasteiger partial charge in [-0.05, 0) is 46.5 Å². The van der Waals surface area contributed by atoms with Gasteiger partial charge in [0, 0.05) is 13.1 Å².